The average Bonchev–Trinajstić information content (AvgIpc) is 2.54. The molecular formula is C13H24N2O3. The Hall–Kier alpha value is -0.940. The van der Waals surface area contributed by atoms with Gasteiger partial charge in [0.25, 0.3) is 0 Å². The van der Waals surface area contributed by atoms with E-state index in [2.05, 4.69) is 5.32 Å². The number of rotatable bonds is 6. The Kier molecular flexibility index (Phi) is 6.90. The second-order valence-electron chi connectivity index (χ2n) is 4.84. The zero-order valence-electron chi connectivity index (χ0n) is 11.4. The van der Waals surface area contributed by atoms with Gasteiger partial charge in [-0.15, -0.1) is 0 Å². The van der Waals surface area contributed by atoms with Crippen LogP contribution in [0.5, 0.6) is 0 Å². The summed E-state index contributed by atoms with van der Waals surface area (Å²) in [6, 6.07) is -0.0827. The Bertz CT molecular complexity index is 281. The fraction of sp³-hybridized carbons (Fsp3) is 0.846. The van der Waals surface area contributed by atoms with Crippen LogP contribution in [-0.2, 0) is 14.3 Å². The zero-order valence-corrected chi connectivity index (χ0v) is 11.4. The van der Waals surface area contributed by atoms with Crippen LogP contribution in [0.1, 0.15) is 32.1 Å². The lowest BCUT2D eigenvalue weighted by molar-refractivity contribution is -0.126. The summed E-state index contributed by atoms with van der Waals surface area (Å²) < 4.78 is 4.86. The standard InChI is InChI=1S/C13H24N2O3/c1-15(10-13(17)14-8-9-18-2)11-6-4-3-5-7-12(11)16/h11H,3-10H2,1-2H3,(H,14,17). The molecule has 18 heavy (non-hydrogen) atoms. The molecule has 5 nitrogen and oxygen atoms in total. The van der Waals surface area contributed by atoms with E-state index in [0.29, 0.717) is 19.6 Å². The predicted octanol–water partition coefficient (Wildman–Crippen LogP) is 0.583. The van der Waals surface area contributed by atoms with Crippen LogP contribution in [0.15, 0.2) is 0 Å². The molecule has 1 unspecified atom stereocenters. The minimum absolute atomic E-state index is 0.0494. The molecule has 5 heteroatoms. The van der Waals surface area contributed by atoms with E-state index in [-0.39, 0.29) is 24.3 Å². The molecule has 0 aromatic rings. The molecule has 0 saturated heterocycles. The van der Waals surface area contributed by atoms with Crippen molar-refractivity contribution in [3.8, 4) is 0 Å². The number of carbonyl (C=O) groups excluding carboxylic acids is 2. The number of ether oxygens (including phenoxy) is 1. The fourth-order valence-electron chi connectivity index (χ4n) is 2.29. The lowest BCUT2D eigenvalue weighted by Gasteiger charge is -2.25. The molecule has 1 N–H and O–H groups in total. The van der Waals surface area contributed by atoms with Crippen LogP contribution in [0.25, 0.3) is 0 Å². The molecule has 0 radical (unpaired) electrons. The first-order valence-electron chi connectivity index (χ1n) is 6.63. The Morgan fingerprint density at radius 1 is 1.44 bits per heavy atom. The van der Waals surface area contributed by atoms with Crippen molar-refractivity contribution in [1.29, 1.82) is 0 Å². The third-order valence-corrected chi connectivity index (χ3v) is 3.33. The highest BCUT2D eigenvalue weighted by Crippen LogP contribution is 2.18. The van der Waals surface area contributed by atoms with Gasteiger partial charge < -0.3 is 10.1 Å². The molecular weight excluding hydrogens is 232 g/mol. The van der Waals surface area contributed by atoms with E-state index in [4.69, 9.17) is 4.74 Å². The van der Waals surface area contributed by atoms with Gasteiger partial charge in [0.15, 0.2) is 0 Å². The van der Waals surface area contributed by atoms with Crippen molar-refractivity contribution in [3.63, 3.8) is 0 Å². The van der Waals surface area contributed by atoms with Gasteiger partial charge in [-0.05, 0) is 19.9 Å². The van der Waals surface area contributed by atoms with Gasteiger partial charge in [-0.1, -0.05) is 12.8 Å². The van der Waals surface area contributed by atoms with Gasteiger partial charge in [0.05, 0.1) is 19.2 Å². The van der Waals surface area contributed by atoms with E-state index in [1.54, 1.807) is 7.11 Å². The highest BCUT2D eigenvalue weighted by atomic mass is 16.5. The Morgan fingerprint density at radius 3 is 2.94 bits per heavy atom. The molecule has 1 atom stereocenters. The smallest absolute Gasteiger partial charge is 0.234 e. The lowest BCUT2D eigenvalue weighted by atomic mass is 10.1. The lowest BCUT2D eigenvalue weighted by Crippen LogP contribution is -2.44. The Labute approximate surface area is 109 Å². The van der Waals surface area contributed by atoms with E-state index < -0.39 is 0 Å². The first-order valence-corrected chi connectivity index (χ1v) is 6.63. The maximum atomic E-state index is 11.9. The third kappa shape index (κ3) is 5.14. The second kappa shape index (κ2) is 8.21. The molecule has 104 valence electrons. The van der Waals surface area contributed by atoms with E-state index in [1.165, 1.54) is 0 Å². The van der Waals surface area contributed by atoms with Crippen LogP contribution in [0.4, 0.5) is 0 Å². The number of Topliss-reactive ketones (excluding diaryl/α,β-unsaturated/α-hetero) is 1. The topological polar surface area (TPSA) is 58.6 Å². The van der Waals surface area contributed by atoms with Gasteiger partial charge in [0, 0.05) is 20.1 Å². The van der Waals surface area contributed by atoms with Gasteiger partial charge in [-0.3, -0.25) is 14.5 Å². The number of ketones is 1. The monoisotopic (exact) mass is 256 g/mol. The SMILES string of the molecule is COCCNC(=O)CN(C)C1CCCCCC1=O. The van der Waals surface area contributed by atoms with E-state index in [0.717, 1.165) is 25.7 Å². The van der Waals surface area contributed by atoms with Gasteiger partial charge in [-0.25, -0.2) is 0 Å². The second-order valence-corrected chi connectivity index (χ2v) is 4.84. The summed E-state index contributed by atoms with van der Waals surface area (Å²) in [5, 5.41) is 2.77. The van der Waals surface area contributed by atoms with Crippen LogP contribution in [0.3, 0.4) is 0 Å². The molecule has 1 aliphatic carbocycles. The Morgan fingerprint density at radius 2 is 2.22 bits per heavy atom. The first kappa shape index (κ1) is 15.1. The van der Waals surface area contributed by atoms with Crippen molar-refractivity contribution in [1.82, 2.24) is 10.2 Å². The minimum atomic E-state index is -0.0827. The molecule has 1 rings (SSSR count). The number of nitrogens with one attached hydrogen (secondary N) is 1. The number of hydrogen-bond donors (Lipinski definition) is 1. The van der Waals surface area contributed by atoms with Crippen molar-refractivity contribution in [2.75, 3.05) is 33.9 Å². The molecule has 1 amide bonds. The van der Waals surface area contributed by atoms with Crippen molar-refractivity contribution >= 4 is 11.7 Å². The fourth-order valence-corrected chi connectivity index (χ4v) is 2.29. The molecule has 0 bridgehead atoms. The van der Waals surface area contributed by atoms with E-state index in [9.17, 15) is 9.59 Å². The highest BCUT2D eigenvalue weighted by molar-refractivity contribution is 5.85. The van der Waals surface area contributed by atoms with Crippen LogP contribution in [-0.4, -0.2) is 56.5 Å². The maximum Gasteiger partial charge on any atom is 0.234 e. The summed E-state index contributed by atoms with van der Waals surface area (Å²) in [7, 11) is 3.45. The molecule has 0 heterocycles. The summed E-state index contributed by atoms with van der Waals surface area (Å²) in [4.78, 5) is 25.4. The molecule has 1 saturated carbocycles. The van der Waals surface area contributed by atoms with Gasteiger partial charge >= 0.3 is 0 Å². The van der Waals surface area contributed by atoms with Crippen molar-refractivity contribution < 1.29 is 14.3 Å². The zero-order chi connectivity index (χ0) is 13.4. The van der Waals surface area contributed by atoms with Crippen molar-refractivity contribution in [2.45, 2.75) is 38.1 Å². The molecule has 1 fully saturated rings. The van der Waals surface area contributed by atoms with Gasteiger partial charge in [-0.2, -0.15) is 0 Å². The van der Waals surface area contributed by atoms with Crippen LogP contribution >= 0.6 is 0 Å². The van der Waals surface area contributed by atoms with E-state index >= 15 is 0 Å². The predicted molar refractivity (Wildman–Crippen MR) is 69.4 cm³/mol. The number of likely N-dealkylation sites (N-methyl/N-ethyl adjacent to an activating group) is 1. The average molecular weight is 256 g/mol. The van der Waals surface area contributed by atoms with Crippen molar-refractivity contribution in [3.05, 3.63) is 0 Å². The normalized spacial score (nSPS) is 20.8. The van der Waals surface area contributed by atoms with Crippen LogP contribution in [0.2, 0.25) is 0 Å². The summed E-state index contributed by atoms with van der Waals surface area (Å²) >= 11 is 0. The summed E-state index contributed by atoms with van der Waals surface area (Å²) in [5.74, 6) is 0.228. The van der Waals surface area contributed by atoms with Crippen LogP contribution < -0.4 is 5.32 Å². The molecule has 0 spiro atoms. The number of hydrogen-bond acceptors (Lipinski definition) is 4. The van der Waals surface area contributed by atoms with Gasteiger partial charge in [0.2, 0.25) is 5.91 Å². The van der Waals surface area contributed by atoms with Crippen molar-refractivity contribution in [2.24, 2.45) is 0 Å². The summed E-state index contributed by atoms with van der Waals surface area (Å²) in [6.45, 7) is 1.31. The van der Waals surface area contributed by atoms with E-state index in [1.807, 2.05) is 11.9 Å². The molecule has 0 aromatic heterocycles. The molecule has 1 aliphatic rings. The number of carbonyl (C=O) groups is 2. The summed E-state index contributed by atoms with van der Waals surface area (Å²) in [6.07, 6.45) is 4.71. The highest BCUT2D eigenvalue weighted by Gasteiger charge is 2.25. The Balaban J connectivity index is 2.35. The van der Waals surface area contributed by atoms with Gasteiger partial charge in [0.1, 0.15) is 5.78 Å². The van der Waals surface area contributed by atoms with Crippen LogP contribution in [0, 0.1) is 0 Å². The third-order valence-electron chi connectivity index (χ3n) is 3.33. The molecule has 0 aromatic carbocycles. The maximum absolute atomic E-state index is 11.9. The quantitative estimate of drug-likeness (QED) is 0.558. The molecule has 0 aliphatic heterocycles. The number of nitrogens with zero attached hydrogens (tertiary/aromatic N) is 1. The first-order chi connectivity index (χ1) is 8.65. The number of amides is 1. The minimum Gasteiger partial charge on any atom is -0.383 e. The summed E-state index contributed by atoms with van der Waals surface area (Å²) in [5.41, 5.74) is 0. The number of methoxy groups -OCH3 is 1. The largest absolute Gasteiger partial charge is 0.383 e.